The summed E-state index contributed by atoms with van der Waals surface area (Å²) in [6, 6.07) is 0. The molecule has 0 aliphatic carbocycles. The molecule has 4 heteroatoms. The molecule has 0 aromatic heterocycles. The minimum atomic E-state index is 0.135. The molecule has 0 aliphatic rings. The van der Waals surface area contributed by atoms with Crippen molar-refractivity contribution in [2.24, 2.45) is 0 Å². The molecule has 0 rings (SSSR count). The molecule has 12 heavy (non-hydrogen) atoms. The number of rotatable bonds is 8. The van der Waals surface area contributed by atoms with Gasteiger partial charge in [0, 0.05) is 20.1 Å². The molecule has 0 aromatic carbocycles. The van der Waals surface area contributed by atoms with Gasteiger partial charge in [0.05, 0.1) is 13.2 Å². The quantitative estimate of drug-likeness (QED) is 0.324. The van der Waals surface area contributed by atoms with Gasteiger partial charge in [0.1, 0.15) is 0 Å². The number of hydrogen-bond acceptors (Lipinski definition) is 4. The number of hydrogen-bond donors (Lipinski definition) is 3. The Bertz CT molecular complexity index is 85.1. The van der Waals surface area contributed by atoms with Crippen molar-refractivity contribution in [3.63, 3.8) is 0 Å². The molecule has 4 nitrogen and oxygen atoms in total. The van der Waals surface area contributed by atoms with E-state index >= 15 is 0 Å². The first kappa shape index (κ1) is 11.8. The molecule has 0 spiro atoms. The summed E-state index contributed by atoms with van der Waals surface area (Å²) < 4.78 is 0. The minimum absolute atomic E-state index is 0.135. The van der Waals surface area contributed by atoms with Crippen molar-refractivity contribution in [3.05, 3.63) is 7.05 Å². The Kier molecular flexibility index (Phi) is 8.81. The first-order chi connectivity index (χ1) is 5.85. The van der Waals surface area contributed by atoms with Gasteiger partial charge in [0.15, 0.2) is 0 Å². The van der Waals surface area contributed by atoms with Crippen molar-refractivity contribution >= 4 is 0 Å². The highest BCUT2D eigenvalue weighted by Crippen LogP contribution is 1.89. The van der Waals surface area contributed by atoms with Gasteiger partial charge in [-0.2, -0.15) is 0 Å². The first-order valence-electron chi connectivity index (χ1n) is 4.22. The summed E-state index contributed by atoms with van der Waals surface area (Å²) in [6.07, 6.45) is 0.927. The van der Waals surface area contributed by atoms with Crippen molar-refractivity contribution in [2.45, 2.75) is 6.42 Å². The third kappa shape index (κ3) is 6.54. The second-order valence-corrected chi connectivity index (χ2v) is 2.60. The predicted molar refractivity (Wildman–Crippen MR) is 47.5 cm³/mol. The number of nitrogens with zero attached hydrogens (tertiary/aromatic N) is 1. The van der Waals surface area contributed by atoms with E-state index in [1.54, 1.807) is 0 Å². The Morgan fingerprint density at radius 3 is 2.08 bits per heavy atom. The minimum Gasteiger partial charge on any atom is -0.395 e. The van der Waals surface area contributed by atoms with Gasteiger partial charge in [-0.15, -0.1) is 0 Å². The van der Waals surface area contributed by atoms with Crippen LogP contribution < -0.4 is 5.32 Å². The maximum absolute atomic E-state index is 8.66. The monoisotopic (exact) mass is 174 g/mol. The normalized spacial score (nSPS) is 11.0. The summed E-state index contributed by atoms with van der Waals surface area (Å²) in [5, 5.41) is 19.9. The molecule has 0 saturated carbocycles. The highest BCUT2D eigenvalue weighted by Gasteiger charge is 2.01. The van der Waals surface area contributed by atoms with Gasteiger partial charge < -0.3 is 15.5 Å². The van der Waals surface area contributed by atoms with Crippen LogP contribution in [-0.2, 0) is 0 Å². The van der Waals surface area contributed by atoms with Crippen LogP contribution in [0.1, 0.15) is 6.42 Å². The van der Waals surface area contributed by atoms with Crippen LogP contribution in [0.5, 0.6) is 0 Å². The smallest absolute Gasteiger partial charge is 0.0558 e. The zero-order valence-corrected chi connectivity index (χ0v) is 7.37. The topological polar surface area (TPSA) is 55.7 Å². The lowest BCUT2D eigenvalue weighted by Crippen LogP contribution is -2.32. The van der Waals surface area contributed by atoms with E-state index in [0.717, 1.165) is 19.5 Å². The van der Waals surface area contributed by atoms with Crippen LogP contribution >= 0.6 is 0 Å². The van der Waals surface area contributed by atoms with Gasteiger partial charge >= 0.3 is 0 Å². The number of aliphatic hydroxyl groups excluding tert-OH is 2. The van der Waals surface area contributed by atoms with Crippen molar-refractivity contribution in [1.82, 2.24) is 10.2 Å². The van der Waals surface area contributed by atoms with Gasteiger partial charge in [0.2, 0.25) is 0 Å². The van der Waals surface area contributed by atoms with Crippen LogP contribution in [0.3, 0.4) is 0 Å². The molecular formula is C8H18N2O2. The number of nitrogens with one attached hydrogen (secondary N) is 1. The fraction of sp³-hybridized carbons (Fsp3) is 0.875. The second-order valence-electron chi connectivity index (χ2n) is 2.60. The van der Waals surface area contributed by atoms with Crippen LogP contribution in [0.25, 0.3) is 0 Å². The zero-order chi connectivity index (χ0) is 9.23. The Balaban J connectivity index is 3.34. The lowest BCUT2D eigenvalue weighted by atomic mass is 10.3. The fourth-order valence-electron chi connectivity index (χ4n) is 1.02. The van der Waals surface area contributed by atoms with E-state index in [4.69, 9.17) is 17.3 Å². The first-order valence-corrected chi connectivity index (χ1v) is 4.22. The SMILES string of the molecule is [CH]NCCCN(CCO)CCO. The maximum atomic E-state index is 8.66. The lowest BCUT2D eigenvalue weighted by Gasteiger charge is -2.19. The van der Waals surface area contributed by atoms with E-state index in [-0.39, 0.29) is 13.2 Å². The van der Waals surface area contributed by atoms with Crippen LogP contribution in [0.15, 0.2) is 0 Å². The molecule has 0 atom stereocenters. The van der Waals surface area contributed by atoms with Gasteiger partial charge in [-0.05, 0) is 19.5 Å². The molecule has 0 saturated heterocycles. The highest BCUT2D eigenvalue weighted by molar-refractivity contribution is 4.57. The van der Waals surface area contributed by atoms with Crippen molar-refractivity contribution < 1.29 is 10.2 Å². The van der Waals surface area contributed by atoms with E-state index in [0.29, 0.717) is 13.1 Å². The third-order valence-electron chi connectivity index (χ3n) is 1.63. The van der Waals surface area contributed by atoms with E-state index in [1.807, 2.05) is 4.90 Å². The molecule has 0 bridgehead atoms. The molecular weight excluding hydrogens is 156 g/mol. The van der Waals surface area contributed by atoms with Crippen LogP contribution in [-0.4, -0.2) is 54.5 Å². The van der Waals surface area contributed by atoms with Crippen LogP contribution in [0, 0.1) is 7.05 Å². The summed E-state index contributed by atoms with van der Waals surface area (Å²) in [7, 11) is 5.10. The van der Waals surface area contributed by atoms with E-state index in [1.165, 1.54) is 0 Å². The molecule has 0 fully saturated rings. The van der Waals surface area contributed by atoms with Crippen molar-refractivity contribution in [2.75, 3.05) is 39.4 Å². The largest absolute Gasteiger partial charge is 0.395 e. The molecule has 0 unspecified atom stereocenters. The van der Waals surface area contributed by atoms with Crippen LogP contribution in [0.2, 0.25) is 0 Å². The van der Waals surface area contributed by atoms with Crippen LogP contribution in [0.4, 0.5) is 0 Å². The Morgan fingerprint density at radius 2 is 1.67 bits per heavy atom. The van der Waals surface area contributed by atoms with E-state index < -0.39 is 0 Å². The fourth-order valence-corrected chi connectivity index (χ4v) is 1.02. The number of aliphatic hydroxyl groups is 2. The summed E-state index contributed by atoms with van der Waals surface area (Å²) in [5.74, 6) is 0. The summed E-state index contributed by atoms with van der Waals surface area (Å²) >= 11 is 0. The predicted octanol–water partition coefficient (Wildman–Crippen LogP) is -1.08. The third-order valence-corrected chi connectivity index (χ3v) is 1.63. The molecule has 0 heterocycles. The highest BCUT2D eigenvalue weighted by atomic mass is 16.3. The average Bonchev–Trinajstić information content (AvgIpc) is 2.06. The molecule has 2 radical (unpaired) electrons. The van der Waals surface area contributed by atoms with Gasteiger partial charge in [-0.3, -0.25) is 4.90 Å². The molecule has 3 N–H and O–H groups in total. The van der Waals surface area contributed by atoms with E-state index in [9.17, 15) is 0 Å². The van der Waals surface area contributed by atoms with E-state index in [2.05, 4.69) is 5.32 Å². The van der Waals surface area contributed by atoms with Gasteiger partial charge in [-0.1, -0.05) is 0 Å². The zero-order valence-electron chi connectivity index (χ0n) is 7.37. The maximum Gasteiger partial charge on any atom is 0.0558 e. The lowest BCUT2D eigenvalue weighted by molar-refractivity contribution is 0.160. The standard InChI is InChI=1S/C8H18N2O2/c1-9-3-2-4-10(5-7-11)6-8-12/h1,9,11-12H,2-8H2. The summed E-state index contributed by atoms with van der Waals surface area (Å²) in [5.41, 5.74) is 0. The molecule has 0 aromatic rings. The van der Waals surface area contributed by atoms with Crippen molar-refractivity contribution in [3.8, 4) is 0 Å². The average molecular weight is 174 g/mol. The summed E-state index contributed by atoms with van der Waals surface area (Å²) in [6.45, 7) is 3.11. The second kappa shape index (κ2) is 8.93. The molecule has 0 amide bonds. The Morgan fingerprint density at radius 1 is 1.08 bits per heavy atom. The van der Waals surface area contributed by atoms with Gasteiger partial charge in [0.25, 0.3) is 0 Å². The Hall–Kier alpha value is -0.160. The van der Waals surface area contributed by atoms with Crippen molar-refractivity contribution in [1.29, 1.82) is 0 Å². The Labute approximate surface area is 74.2 Å². The molecule has 0 aliphatic heterocycles. The summed E-state index contributed by atoms with van der Waals surface area (Å²) in [4.78, 5) is 2.00. The van der Waals surface area contributed by atoms with Gasteiger partial charge in [-0.25, -0.2) is 0 Å². The molecule has 72 valence electrons.